The molecule has 0 fully saturated rings. The van der Waals surface area contributed by atoms with Gasteiger partial charge in [-0.15, -0.1) is 6.58 Å². The van der Waals surface area contributed by atoms with Gasteiger partial charge in [0.25, 0.3) is 0 Å². The Hall–Kier alpha value is -1.32. The summed E-state index contributed by atoms with van der Waals surface area (Å²) in [6.45, 7) is 3.39. The van der Waals surface area contributed by atoms with E-state index in [0.717, 1.165) is 18.2 Å². The maximum atomic E-state index is 13.2. The molecule has 0 N–H and O–H groups in total. The monoisotopic (exact) mass is 218 g/mol. The number of allylic oxidation sites excluding steroid dienone is 1. The van der Waals surface area contributed by atoms with Gasteiger partial charge in [0.2, 0.25) is 0 Å². The van der Waals surface area contributed by atoms with Crippen molar-refractivity contribution in [2.24, 2.45) is 0 Å². The molecule has 4 heteroatoms. The lowest BCUT2D eigenvalue weighted by molar-refractivity contribution is -0.138. The van der Waals surface area contributed by atoms with Crippen LogP contribution >= 0.6 is 0 Å². The molecule has 0 aliphatic rings. The lowest BCUT2D eigenvalue weighted by Crippen LogP contribution is -2.10. The van der Waals surface area contributed by atoms with Gasteiger partial charge in [-0.2, -0.15) is 13.2 Å². The fourth-order valence-corrected chi connectivity index (χ4v) is 1.32. The van der Waals surface area contributed by atoms with Crippen molar-refractivity contribution in [3.05, 3.63) is 47.8 Å². The van der Waals surface area contributed by atoms with E-state index in [1.807, 2.05) is 0 Å². The Morgan fingerprint density at radius 1 is 1.27 bits per heavy atom. The van der Waals surface area contributed by atoms with Gasteiger partial charge >= 0.3 is 6.18 Å². The molecule has 82 valence electrons. The molecule has 0 atom stereocenters. The average molecular weight is 218 g/mol. The second kappa shape index (κ2) is 4.47. The van der Waals surface area contributed by atoms with Crippen molar-refractivity contribution in [3.8, 4) is 0 Å². The molecular weight excluding hydrogens is 208 g/mol. The summed E-state index contributed by atoms with van der Waals surface area (Å²) in [4.78, 5) is 0. The number of alkyl halides is 3. The normalized spacial score (nSPS) is 11.5. The smallest absolute Gasteiger partial charge is 0.207 e. The van der Waals surface area contributed by atoms with E-state index in [9.17, 15) is 17.6 Å². The standard InChI is InChI=1S/C11H10F4/c1-2-3-5-8-9(11(13,14)15)6-4-7-10(8)12/h2,4,6-7H,1,3,5H2. The molecule has 0 heterocycles. The van der Waals surface area contributed by atoms with Crippen molar-refractivity contribution in [2.75, 3.05) is 0 Å². The van der Waals surface area contributed by atoms with Gasteiger partial charge in [-0.05, 0) is 25.0 Å². The Kier molecular flexibility index (Phi) is 3.50. The zero-order valence-corrected chi connectivity index (χ0v) is 7.94. The molecule has 1 aromatic carbocycles. The van der Waals surface area contributed by atoms with E-state index < -0.39 is 17.6 Å². The first-order valence-corrected chi connectivity index (χ1v) is 4.42. The number of halogens is 4. The largest absolute Gasteiger partial charge is 0.416 e. The molecule has 0 bridgehead atoms. The summed E-state index contributed by atoms with van der Waals surface area (Å²) in [5, 5.41) is 0. The Labute approximate surface area is 85.2 Å². The van der Waals surface area contributed by atoms with Gasteiger partial charge in [0, 0.05) is 5.56 Å². The van der Waals surface area contributed by atoms with Gasteiger partial charge in [-0.1, -0.05) is 12.1 Å². The Morgan fingerprint density at radius 3 is 2.47 bits per heavy atom. The zero-order chi connectivity index (χ0) is 11.5. The summed E-state index contributed by atoms with van der Waals surface area (Å²) in [6, 6.07) is 2.99. The fraction of sp³-hybridized carbons (Fsp3) is 0.273. The molecule has 1 aromatic rings. The Bertz CT molecular complexity index is 352. The molecular formula is C11H10F4. The minimum Gasteiger partial charge on any atom is -0.207 e. The molecule has 0 aliphatic heterocycles. The minimum absolute atomic E-state index is 0.0189. The highest BCUT2D eigenvalue weighted by Gasteiger charge is 2.33. The van der Waals surface area contributed by atoms with Crippen LogP contribution in [0.2, 0.25) is 0 Å². The van der Waals surface area contributed by atoms with Crippen molar-refractivity contribution in [1.82, 2.24) is 0 Å². The second-order valence-corrected chi connectivity index (χ2v) is 3.09. The lowest BCUT2D eigenvalue weighted by atomic mass is 10.0. The van der Waals surface area contributed by atoms with E-state index in [1.54, 1.807) is 0 Å². The van der Waals surface area contributed by atoms with E-state index in [4.69, 9.17) is 0 Å². The summed E-state index contributed by atoms with van der Waals surface area (Å²) in [6.07, 6.45) is -2.69. The van der Waals surface area contributed by atoms with Crippen molar-refractivity contribution in [3.63, 3.8) is 0 Å². The molecule has 0 nitrogen and oxygen atoms in total. The van der Waals surface area contributed by atoms with E-state index in [2.05, 4.69) is 6.58 Å². The van der Waals surface area contributed by atoms with Crippen LogP contribution in [-0.4, -0.2) is 0 Å². The van der Waals surface area contributed by atoms with Crippen LogP contribution in [0.25, 0.3) is 0 Å². The Balaban J connectivity index is 3.14. The Morgan fingerprint density at radius 2 is 1.93 bits per heavy atom. The van der Waals surface area contributed by atoms with Crippen LogP contribution in [0.4, 0.5) is 17.6 Å². The summed E-state index contributed by atoms with van der Waals surface area (Å²) >= 11 is 0. The SMILES string of the molecule is C=CCCc1c(F)cccc1C(F)(F)F. The van der Waals surface area contributed by atoms with Crippen LogP contribution in [0.1, 0.15) is 17.5 Å². The molecule has 0 saturated heterocycles. The minimum atomic E-state index is -4.50. The third kappa shape index (κ3) is 2.81. The molecule has 1 rings (SSSR count). The van der Waals surface area contributed by atoms with Crippen LogP contribution in [0.3, 0.4) is 0 Å². The van der Waals surface area contributed by atoms with Gasteiger partial charge in [0.1, 0.15) is 5.82 Å². The van der Waals surface area contributed by atoms with Gasteiger partial charge in [-0.3, -0.25) is 0 Å². The third-order valence-electron chi connectivity index (χ3n) is 2.02. The van der Waals surface area contributed by atoms with Crippen LogP contribution in [0.15, 0.2) is 30.9 Å². The van der Waals surface area contributed by atoms with Crippen molar-refractivity contribution in [1.29, 1.82) is 0 Å². The molecule has 0 saturated carbocycles. The highest BCUT2D eigenvalue weighted by molar-refractivity contribution is 5.31. The summed E-state index contributed by atoms with van der Waals surface area (Å²) in [5.74, 6) is -0.813. The average Bonchev–Trinajstić information content (AvgIpc) is 2.14. The lowest BCUT2D eigenvalue weighted by Gasteiger charge is -2.12. The second-order valence-electron chi connectivity index (χ2n) is 3.09. The van der Waals surface area contributed by atoms with Crippen molar-refractivity contribution < 1.29 is 17.6 Å². The van der Waals surface area contributed by atoms with E-state index >= 15 is 0 Å². The maximum Gasteiger partial charge on any atom is 0.416 e. The van der Waals surface area contributed by atoms with Gasteiger partial charge in [0.15, 0.2) is 0 Å². The van der Waals surface area contributed by atoms with Crippen molar-refractivity contribution >= 4 is 0 Å². The molecule has 0 aliphatic carbocycles. The zero-order valence-electron chi connectivity index (χ0n) is 7.94. The van der Waals surface area contributed by atoms with Gasteiger partial charge < -0.3 is 0 Å². The van der Waals surface area contributed by atoms with Crippen molar-refractivity contribution in [2.45, 2.75) is 19.0 Å². The molecule has 15 heavy (non-hydrogen) atoms. The number of hydrogen-bond acceptors (Lipinski definition) is 0. The predicted octanol–water partition coefficient (Wildman–Crippen LogP) is 3.96. The van der Waals surface area contributed by atoms with Crippen LogP contribution < -0.4 is 0 Å². The third-order valence-corrected chi connectivity index (χ3v) is 2.02. The van der Waals surface area contributed by atoms with Gasteiger partial charge in [-0.25, -0.2) is 4.39 Å². The highest BCUT2D eigenvalue weighted by Crippen LogP contribution is 2.33. The quantitative estimate of drug-likeness (QED) is 0.532. The number of benzene rings is 1. The molecule has 0 radical (unpaired) electrons. The van der Waals surface area contributed by atoms with Crippen LogP contribution in [0.5, 0.6) is 0 Å². The first-order chi connectivity index (χ1) is 6.96. The molecule has 0 unspecified atom stereocenters. The first-order valence-electron chi connectivity index (χ1n) is 4.42. The molecule has 0 amide bonds. The van der Waals surface area contributed by atoms with Crippen LogP contribution in [-0.2, 0) is 12.6 Å². The number of hydrogen-bond donors (Lipinski definition) is 0. The maximum absolute atomic E-state index is 13.2. The summed E-state index contributed by atoms with van der Waals surface area (Å²) in [5.41, 5.74) is -1.19. The summed E-state index contributed by atoms with van der Waals surface area (Å²) < 4.78 is 50.6. The van der Waals surface area contributed by atoms with Gasteiger partial charge in [0.05, 0.1) is 5.56 Å². The molecule has 0 aromatic heterocycles. The first kappa shape index (κ1) is 11.8. The topological polar surface area (TPSA) is 0 Å². The predicted molar refractivity (Wildman–Crippen MR) is 49.9 cm³/mol. The van der Waals surface area contributed by atoms with Crippen LogP contribution in [0, 0.1) is 5.82 Å². The van der Waals surface area contributed by atoms with E-state index in [0.29, 0.717) is 6.42 Å². The fourth-order valence-electron chi connectivity index (χ4n) is 1.32. The van der Waals surface area contributed by atoms with E-state index in [1.165, 1.54) is 6.08 Å². The summed E-state index contributed by atoms with van der Waals surface area (Å²) in [7, 11) is 0. The highest BCUT2D eigenvalue weighted by atomic mass is 19.4. The van der Waals surface area contributed by atoms with E-state index in [-0.39, 0.29) is 12.0 Å². The number of rotatable bonds is 3. The molecule has 0 spiro atoms.